The van der Waals surface area contributed by atoms with E-state index in [0.29, 0.717) is 6.42 Å². The molecule has 17 heavy (non-hydrogen) atoms. The fraction of sp³-hybridized carbons (Fsp3) is 0.462. The SMILES string of the molecule is CCC(CO)N(C)C(=O)OCc1ccccc1. The Labute approximate surface area is 102 Å². The van der Waals surface area contributed by atoms with Gasteiger partial charge in [0.05, 0.1) is 12.6 Å². The van der Waals surface area contributed by atoms with E-state index < -0.39 is 6.09 Å². The number of likely N-dealkylation sites (N-methyl/N-ethyl adjacent to an activating group) is 1. The van der Waals surface area contributed by atoms with Gasteiger partial charge in [0.2, 0.25) is 0 Å². The lowest BCUT2D eigenvalue weighted by Gasteiger charge is -2.24. The summed E-state index contributed by atoms with van der Waals surface area (Å²) in [5, 5.41) is 9.08. The third-order valence-electron chi connectivity index (χ3n) is 2.72. The number of amides is 1. The lowest BCUT2D eigenvalue weighted by Crippen LogP contribution is -2.39. The standard InChI is InChI=1S/C13H19NO3/c1-3-12(9-15)14(2)13(16)17-10-11-7-5-4-6-8-11/h4-8,12,15H,3,9-10H2,1-2H3. The van der Waals surface area contributed by atoms with Gasteiger partial charge in [0, 0.05) is 7.05 Å². The first-order valence-corrected chi connectivity index (χ1v) is 5.73. The molecule has 4 heteroatoms. The van der Waals surface area contributed by atoms with Gasteiger partial charge in [-0.05, 0) is 12.0 Å². The molecular weight excluding hydrogens is 218 g/mol. The maximum atomic E-state index is 11.7. The zero-order valence-corrected chi connectivity index (χ0v) is 10.3. The van der Waals surface area contributed by atoms with Gasteiger partial charge in [-0.15, -0.1) is 0 Å². The van der Waals surface area contributed by atoms with E-state index in [-0.39, 0.29) is 19.3 Å². The normalized spacial score (nSPS) is 11.9. The molecule has 4 nitrogen and oxygen atoms in total. The minimum Gasteiger partial charge on any atom is -0.445 e. The summed E-state index contributed by atoms with van der Waals surface area (Å²) in [6.45, 7) is 2.13. The Morgan fingerprint density at radius 2 is 2.06 bits per heavy atom. The smallest absolute Gasteiger partial charge is 0.410 e. The number of carbonyl (C=O) groups excluding carboxylic acids is 1. The molecule has 0 fully saturated rings. The van der Waals surface area contributed by atoms with Gasteiger partial charge in [-0.2, -0.15) is 0 Å². The van der Waals surface area contributed by atoms with Crippen LogP contribution in [0.15, 0.2) is 30.3 Å². The van der Waals surface area contributed by atoms with Crippen molar-refractivity contribution in [2.45, 2.75) is 26.0 Å². The molecule has 1 aromatic rings. The molecule has 0 heterocycles. The van der Waals surface area contributed by atoms with E-state index in [0.717, 1.165) is 5.56 Å². The van der Waals surface area contributed by atoms with Gasteiger partial charge in [-0.25, -0.2) is 4.79 Å². The highest BCUT2D eigenvalue weighted by Crippen LogP contribution is 2.06. The molecular formula is C13H19NO3. The summed E-state index contributed by atoms with van der Waals surface area (Å²) in [4.78, 5) is 13.1. The largest absolute Gasteiger partial charge is 0.445 e. The lowest BCUT2D eigenvalue weighted by atomic mass is 10.2. The highest BCUT2D eigenvalue weighted by molar-refractivity contribution is 5.67. The van der Waals surface area contributed by atoms with E-state index in [1.54, 1.807) is 7.05 Å². The van der Waals surface area contributed by atoms with Crippen molar-refractivity contribution in [2.75, 3.05) is 13.7 Å². The second-order valence-corrected chi connectivity index (χ2v) is 3.90. The van der Waals surface area contributed by atoms with Crippen LogP contribution in [0.25, 0.3) is 0 Å². The van der Waals surface area contributed by atoms with Crippen LogP contribution < -0.4 is 0 Å². The zero-order chi connectivity index (χ0) is 12.7. The molecule has 0 saturated carbocycles. The number of ether oxygens (including phenoxy) is 1. The molecule has 0 aliphatic carbocycles. The van der Waals surface area contributed by atoms with Crippen LogP contribution in [-0.2, 0) is 11.3 Å². The van der Waals surface area contributed by atoms with E-state index in [2.05, 4.69) is 0 Å². The van der Waals surface area contributed by atoms with Crippen molar-refractivity contribution in [2.24, 2.45) is 0 Å². The zero-order valence-electron chi connectivity index (χ0n) is 10.3. The van der Waals surface area contributed by atoms with Crippen molar-refractivity contribution in [1.82, 2.24) is 4.90 Å². The van der Waals surface area contributed by atoms with Crippen LogP contribution in [0.3, 0.4) is 0 Å². The third-order valence-corrected chi connectivity index (χ3v) is 2.72. The van der Waals surface area contributed by atoms with Gasteiger partial charge >= 0.3 is 6.09 Å². The van der Waals surface area contributed by atoms with Crippen molar-refractivity contribution in [3.8, 4) is 0 Å². The molecule has 1 amide bonds. The van der Waals surface area contributed by atoms with E-state index in [1.165, 1.54) is 4.90 Å². The van der Waals surface area contributed by atoms with Gasteiger partial charge in [0.15, 0.2) is 0 Å². The van der Waals surface area contributed by atoms with Crippen LogP contribution in [-0.4, -0.2) is 35.8 Å². The molecule has 1 rings (SSSR count). The van der Waals surface area contributed by atoms with Crippen molar-refractivity contribution in [1.29, 1.82) is 0 Å². The Morgan fingerprint density at radius 1 is 1.41 bits per heavy atom. The number of aliphatic hydroxyl groups excluding tert-OH is 1. The molecule has 0 bridgehead atoms. The van der Waals surface area contributed by atoms with Crippen LogP contribution in [0, 0.1) is 0 Å². The van der Waals surface area contributed by atoms with Crippen LogP contribution in [0.4, 0.5) is 4.79 Å². The van der Waals surface area contributed by atoms with E-state index in [1.807, 2.05) is 37.3 Å². The summed E-state index contributed by atoms with van der Waals surface area (Å²) >= 11 is 0. The summed E-state index contributed by atoms with van der Waals surface area (Å²) < 4.78 is 5.15. The van der Waals surface area contributed by atoms with Crippen molar-refractivity contribution >= 4 is 6.09 Å². The number of hydrogen-bond acceptors (Lipinski definition) is 3. The van der Waals surface area contributed by atoms with Crippen molar-refractivity contribution in [3.05, 3.63) is 35.9 Å². The fourth-order valence-corrected chi connectivity index (χ4v) is 1.50. The molecule has 94 valence electrons. The molecule has 0 radical (unpaired) electrons. The van der Waals surface area contributed by atoms with E-state index in [4.69, 9.17) is 9.84 Å². The van der Waals surface area contributed by atoms with Gasteiger partial charge in [-0.3, -0.25) is 0 Å². The van der Waals surface area contributed by atoms with Gasteiger partial charge < -0.3 is 14.7 Å². The predicted octanol–water partition coefficient (Wildman–Crippen LogP) is 2.03. The minimum absolute atomic E-state index is 0.0482. The quantitative estimate of drug-likeness (QED) is 0.852. The van der Waals surface area contributed by atoms with Gasteiger partial charge in [-0.1, -0.05) is 37.3 Å². The molecule has 0 saturated heterocycles. The highest BCUT2D eigenvalue weighted by Gasteiger charge is 2.18. The molecule has 0 spiro atoms. The van der Waals surface area contributed by atoms with Crippen LogP contribution in [0.5, 0.6) is 0 Å². The lowest BCUT2D eigenvalue weighted by molar-refractivity contribution is 0.0751. The Bertz CT molecular complexity index is 336. The first kappa shape index (κ1) is 13.5. The van der Waals surface area contributed by atoms with Crippen LogP contribution in [0.2, 0.25) is 0 Å². The molecule has 1 aromatic carbocycles. The second kappa shape index (κ2) is 6.91. The summed E-state index contributed by atoms with van der Waals surface area (Å²) in [5.74, 6) is 0. The number of carbonyl (C=O) groups is 1. The van der Waals surface area contributed by atoms with E-state index in [9.17, 15) is 4.79 Å². The number of benzene rings is 1. The monoisotopic (exact) mass is 237 g/mol. The predicted molar refractivity (Wildman–Crippen MR) is 65.6 cm³/mol. The molecule has 1 N–H and O–H groups in total. The Balaban J connectivity index is 2.44. The van der Waals surface area contributed by atoms with Crippen molar-refractivity contribution in [3.63, 3.8) is 0 Å². The van der Waals surface area contributed by atoms with Crippen molar-refractivity contribution < 1.29 is 14.6 Å². The average molecular weight is 237 g/mol. The average Bonchev–Trinajstić information content (AvgIpc) is 2.38. The summed E-state index contributed by atoms with van der Waals surface area (Å²) in [6.07, 6.45) is 0.294. The highest BCUT2D eigenvalue weighted by atomic mass is 16.6. The number of rotatable bonds is 5. The van der Waals surface area contributed by atoms with E-state index >= 15 is 0 Å². The Morgan fingerprint density at radius 3 is 2.59 bits per heavy atom. The molecule has 0 aliphatic heterocycles. The Kier molecular flexibility index (Phi) is 5.49. The fourth-order valence-electron chi connectivity index (χ4n) is 1.50. The first-order valence-electron chi connectivity index (χ1n) is 5.73. The number of nitrogens with zero attached hydrogens (tertiary/aromatic N) is 1. The number of aliphatic hydroxyl groups is 1. The summed E-state index contributed by atoms with van der Waals surface area (Å²) in [6, 6.07) is 9.33. The molecule has 1 unspecified atom stereocenters. The van der Waals surface area contributed by atoms with Gasteiger partial charge in [0.25, 0.3) is 0 Å². The molecule has 0 aliphatic rings. The minimum atomic E-state index is -0.408. The van der Waals surface area contributed by atoms with Gasteiger partial charge in [0.1, 0.15) is 6.61 Å². The maximum Gasteiger partial charge on any atom is 0.410 e. The third kappa shape index (κ3) is 4.07. The maximum absolute atomic E-state index is 11.7. The molecule has 0 aromatic heterocycles. The summed E-state index contributed by atoms with van der Waals surface area (Å²) in [5.41, 5.74) is 0.950. The van der Waals surface area contributed by atoms with Crippen LogP contribution >= 0.6 is 0 Å². The topological polar surface area (TPSA) is 49.8 Å². The number of hydrogen-bond donors (Lipinski definition) is 1. The Hall–Kier alpha value is -1.55. The molecule has 1 atom stereocenters. The second-order valence-electron chi connectivity index (χ2n) is 3.90. The first-order chi connectivity index (χ1) is 8.19. The summed E-state index contributed by atoms with van der Waals surface area (Å²) in [7, 11) is 1.64. The van der Waals surface area contributed by atoms with Crippen LogP contribution in [0.1, 0.15) is 18.9 Å².